The molecule has 1 atom stereocenters. The molecule has 0 saturated heterocycles. The van der Waals surface area contributed by atoms with E-state index in [0.717, 1.165) is 9.63 Å². The van der Waals surface area contributed by atoms with Crippen molar-refractivity contribution in [2.24, 2.45) is 0 Å². The zero-order chi connectivity index (χ0) is 31.3. The second-order valence-electron chi connectivity index (χ2n) is 10.2. The number of hydrogen-bond acceptors (Lipinski definition) is 6. The molecule has 1 heterocycles. The van der Waals surface area contributed by atoms with E-state index in [0.29, 0.717) is 11.1 Å². The van der Waals surface area contributed by atoms with Gasteiger partial charge < -0.3 is 15.1 Å². The number of methoxy groups -OCH3 is 1. The molecule has 0 unspecified atom stereocenters. The van der Waals surface area contributed by atoms with Crippen LogP contribution in [0.2, 0.25) is 0 Å². The summed E-state index contributed by atoms with van der Waals surface area (Å²) in [6, 6.07) is 16.5. The first-order chi connectivity index (χ1) is 20.5. The van der Waals surface area contributed by atoms with Crippen LogP contribution in [0, 0.1) is 25.5 Å². The van der Waals surface area contributed by atoms with Gasteiger partial charge in [-0.25, -0.2) is 13.6 Å². The number of hydrogen-bond donors (Lipinski definition) is 2. The number of benzene rings is 3. The maximum atomic E-state index is 15.6. The van der Waals surface area contributed by atoms with Crippen molar-refractivity contribution in [1.29, 1.82) is 0 Å². The monoisotopic (exact) mass is 593 g/mol. The first-order valence-electron chi connectivity index (χ1n) is 13.7. The van der Waals surface area contributed by atoms with E-state index >= 15 is 4.39 Å². The summed E-state index contributed by atoms with van der Waals surface area (Å²) in [6.07, 6.45) is -0.0911. The van der Waals surface area contributed by atoms with Crippen LogP contribution in [-0.2, 0) is 17.9 Å². The number of carboxylic acid groups (broad SMARTS) is 1. The Balaban J connectivity index is 1.95. The predicted octanol–water partition coefficient (Wildman–Crippen LogP) is 4.93. The molecule has 0 fully saturated rings. The SMILES string of the molecule is COc1cccc(-c2c(C)n(Cc3c(C)cccc3F)c(=O)n(C[C@@H](c3ccccc3)N(O)CCCC(=O)O)c2=O)c1F. The van der Waals surface area contributed by atoms with E-state index in [1.807, 2.05) is 0 Å². The lowest BCUT2D eigenvalue weighted by molar-refractivity contribution is -0.142. The predicted molar refractivity (Wildman–Crippen MR) is 156 cm³/mol. The highest BCUT2D eigenvalue weighted by Crippen LogP contribution is 2.29. The summed E-state index contributed by atoms with van der Waals surface area (Å²) in [5.74, 6) is -2.48. The van der Waals surface area contributed by atoms with Gasteiger partial charge in [-0.1, -0.05) is 54.6 Å². The third-order valence-corrected chi connectivity index (χ3v) is 7.49. The fourth-order valence-corrected chi connectivity index (χ4v) is 5.11. The molecule has 43 heavy (non-hydrogen) atoms. The molecule has 3 aromatic carbocycles. The molecule has 0 aliphatic carbocycles. The van der Waals surface area contributed by atoms with Crippen molar-refractivity contribution in [3.05, 3.63) is 122 Å². The fourth-order valence-electron chi connectivity index (χ4n) is 5.11. The topological polar surface area (TPSA) is 114 Å². The summed E-state index contributed by atoms with van der Waals surface area (Å²) in [5.41, 5.74) is -0.321. The number of nitrogens with zero attached hydrogens (tertiary/aromatic N) is 3. The highest BCUT2D eigenvalue weighted by molar-refractivity contribution is 5.67. The summed E-state index contributed by atoms with van der Waals surface area (Å²) in [4.78, 5) is 39.2. The maximum absolute atomic E-state index is 15.6. The van der Waals surface area contributed by atoms with E-state index in [4.69, 9.17) is 9.84 Å². The Hall–Kier alpha value is -4.61. The van der Waals surface area contributed by atoms with Gasteiger partial charge in [-0.05, 0) is 43.5 Å². The molecular weight excluding hydrogens is 560 g/mol. The van der Waals surface area contributed by atoms with Crippen molar-refractivity contribution in [3.63, 3.8) is 0 Å². The number of aryl methyl sites for hydroxylation is 1. The van der Waals surface area contributed by atoms with E-state index < -0.39 is 34.9 Å². The Morgan fingerprint density at radius 2 is 1.67 bits per heavy atom. The number of aromatic nitrogens is 2. The molecule has 0 bridgehead atoms. The average molecular weight is 594 g/mol. The molecular formula is C32H33F2N3O6. The van der Waals surface area contributed by atoms with E-state index in [1.54, 1.807) is 49.4 Å². The van der Waals surface area contributed by atoms with Gasteiger partial charge >= 0.3 is 11.7 Å². The number of ether oxygens (including phenoxy) is 1. The minimum Gasteiger partial charge on any atom is -0.494 e. The molecule has 0 aliphatic heterocycles. The molecule has 0 aliphatic rings. The van der Waals surface area contributed by atoms with Crippen LogP contribution in [0.5, 0.6) is 5.75 Å². The van der Waals surface area contributed by atoms with Crippen molar-refractivity contribution in [1.82, 2.24) is 14.2 Å². The van der Waals surface area contributed by atoms with Crippen LogP contribution in [0.25, 0.3) is 11.1 Å². The number of rotatable bonds is 12. The summed E-state index contributed by atoms with van der Waals surface area (Å²) in [7, 11) is 1.29. The summed E-state index contributed by atoms with van der Waals surface area (Å²) >= 11 is 0. The Labute approximate surface area is 246 Å². The van der Waals surface area contributed by atoms with Gasteiger partial charge in [0, 0.05) is 29.8 Å². The van der Waals surface area contributed by atoms with Crippen LogP contribution < -0.4 is 16.0 Å². The van der Waals surface area contributed by atoms with Crippen molar-refractivity contribution in [2.75, 3.05) is 13.7 Å². The van der Waals surface area contributed by atoms with Crippen molar-refractivity contribution < 1.29 is 28.6 Å². The molecule has 0 saturated carbocycles. The number of carbonyl (C=O) groups is 1. The summed E-state index contributed by atoms with van der Waals surface area (Å²) < 4.78 is 37.8. The highest BCUT2D eigenvalue weighted by atomic mass is 19.1. The largest absolute Gasteiger partial charge is 0.494 e. The molecule has 2 N–H and O–H groups in total. The van der Waals surface area contributed by atoms with E-state index in [2.05, 4.69) is 0 Å². The zero-order valence-corrected chi connectivity index (χ0v) is 24.1. The van der Waals surface area contributed by atoms with E-state index in [1.165, 1.54) is 42.9 Å². The maximum Gasteiger partial charge on any atom is 0.331 e. The lowest BCUT2D eigenvalue weighted by Crippen LogP contribution is -2.45. The van der Waals surface area contributed by atoms with Crippen LogP contribution in [0.3, 0.4) is 0 Å². The molecule has 0 radical (unpaired) electrons. The molecule has 226 valence electrons. The molecule has 9 nitrogen and oxygen atoms in total. The Kier molecular flexibility index (Phi) is 9.89. The summed E-state index contributed by atoms with van der Waals surface area (Å²) in [6.45, 7) is 2.53. The number of aliphatic carboxylic acids is 1. The van der Waals surface area contributed by atoms with Crippen LogP contribution in [0.4, 0.5) is 8.78 Å². The zero-order valence-electron chi connectivity index (χ0n) is 24.1. The van der Waals surface area contributed by atoms with Gasteiger partial charge in [-0.2, -0.15) is 5.06 Å². The third-order valence-electron chi connectivity index (χ3n) is 7.49. The molecule has 4 aromatic rings. The highest BCUT2D eigenvalue weighted by Gasteiger charge is 2.27. The minimum absolute atomic E-state index is 0.0630. The molecule has 0 amide bonds. The van der Waals surface area contributed by atoms with Crippen molar-refractivity contribution in [2.45, 2.75) is 45.8 Å². The van der Waals surface area contributed by atoms with E-state index in [9.17, 15) is 24.0 Å². The second kappa shape index (κ2) is 13.6. The van der Waals surface area contributed by atoms with Gasteiger partial charge in [0.05, 0.1) is 31.8 Å². The van der Waals surface area contributed by atoms with Crippen molar-refractivity contribution >= 4 is 5.97 Å². The lowest BCUT2D eigenvalue weighted by atomic mass is 10.0. The van der Waals surface area contributed by atoms with Gasteiger partial charge in [0.15, 0.2) is 11.6 Å². The first kappa shape index (κ1) is 31.3. The Morgan fingerprint density at radius 3 is 2.33 bits per heavy atom. The van der Waals surface area contributed by atoms with Crippen LogP contribution in [0.15, 0.2) is 76.3 Å². The van der Waals surface area contributed by atoms with Crippen LogP contribution >= 0.6 is 0 Å². The third kappa shape index (κ3) is 6.73. The van der Waals surface area contributed by atoms with Gasteiger partial charge in [0.2, 0.25) is 0 Å². The molecule has 0 spiro atoms. The van der Waals surface area contributed by atoms with Gasteiger partial charge in [0.25, 0.3) is 5.56 Å². The Bertz CT molecular complexity index is 1720. The van der Waals surface area contributed by atoms with E-state index in [-0.39, 0.29) is 60.6 Å². The second-order valence-corrected chi connectivity index (χ2v) is 10.2. The number of halogens is 2. The fraction of sp³-hybridized carbons (Fsp3) is 0.281. The van der Waals surface area contributed by atoms with Crippen LogP contribution in [0.1, 0.15) is 41.3 Å². The quantitative estimate of drug-likeness (QED) is 0.224. The van der Waals surface area contributed by atoms with Gasteiger partial charge in [-0.15, -0.1) is 0 Å². The van der Waals surface area contributed by atoms with Crippen molar-refractivity contribution in [3.8, 4) is 16.9 Å². The smallest absolute Gasteiger partial charge is 0.331 e. The normalized spacial score (nSPS) is 12.0. The van der Waals surface area contributed by atoms with Gasteiger partial charge in [0.1, 0.15) is 5.82 Å². The number of hydroxylamine groups is 2. The minimum atomic E-state index is -1.03. The summed E-state index contributed by atoms with van der Waals surface area (Å²) in [5, 5.41) is 21.0. The number of carboxylic acids is 1. The molecule has 1 aromatic heterocycles. The average Bonchev–Trinajstić information content (AvgIpc) is 2.97. The standard InChI is InChI=1S/C32H33F2N3O6/c1-20-10-7-14-25(33)24(20)18-35-21(2)29(23-13-8-15-27(43-3)30(23)34)31(40)36(32(35)41)19-26(22-11-5-4-6-12-22)37(42)17-9-16-28(38)39/h4-8,10-15,26,42H,9,16-19H2,1-3H3,(H,38,39)/t26-/m0/s1. The van der Waals surface area contributed by atoms with Crippen LogP contribution in [-0.4, -0.2) is 44.1 Å². The Morgan fingerprint density at radius 1 is 0.977 bits per heavy atom. The molecule has 4 rings (SSSR count). The molecule has 11 heteroatoms. The lowest BCUT2D eigenvalue weighted by Gasteiger charge is -2.28. The van der Waals surface area contributed by atoms with Gasteiger partial charge in [-0.3, -0.25) is 18.7 Å². The first-order valence-corrected chi connectivity index (χ1v) is 13.7.